The summed E-state index contributed by atoms with van der Waals surface area (Å²) in [5, 5.41) is 7.74. The lowest BCUT2D eigenvalue weighted by Gasteiger charge is -2.15. The Kier molecular flexibility index (Phi) is 8.36. The first-order valence-corrected chi connectivity index (χ1v) is 10.1. The lowest BCUT2D eigenvalue weighted by molar-refractivity contribution is 0.254. The summed E-state index contributed by atoms with van der Waals surface area (Å²) >= 11 is 1.71. The number of halogens is 1. The van der Waals surface area contributed by atoms with E-state index in [1.54, 1.807) is 18.4 Å². The molecule has 1 aliphatic rings. The summed E-state index contributed by atoms with van der Waals surface area (Å²) < 4.78 is 11.7. The highest BCUT2D eigenvalue weighted by Crippen LogP contribution is 2.35. The fourth-order valence-electron chi connectivity index (χ4n) is 3.08. The highest BCUT2D eigenvalue weighted by atomic mass is 127. The van der Waals surface area contributed by atoms with Crippen LogP contribution >= 0.6 is 35.3 Å². The molecule has 28 heavy (non-hydrogen) atoms. The molecule has 2 N–H and O–H groups in total. The zero-order valence-corrected chi connectivity index (χ0v) is 20.2. The first-order chi connectivity index (χ1) is 13.0. The number of nitrogens with one attached hydrogen (secondary N) is 2. The second kappa shape index (κ2) is 10.3. The third kappa shape index (κ3) is 5.50. The number of fused-ring (bicyclic) bond motifs is 1. The average molecular weight is 516 g/mol. The second-order valence-electron chi connectivity index (χ2n) is 6.66. The molecule has 8 heteroatoms. The van der Waals surface area contributed by atoms with E-state index in [4.69, 9.17) is 9.47 Å². The van der Waals surface area contributed by atoms with E-state index in [-0.39, 0.29) is 30.1 Å². The molecule has 0 bridgehead atoms. The Bertz CT molecular complexity index is 818. The molecule has 0 radical (unpaired) electrons. The van der Waals surface area contributed by atoms with Crippen molar-refractivity contribution in [2.45, 2.75) is 53.3 Å². The van der Waals surface area contributed by atoms with Crippen molar-refractivity contribution >= 4 is 41.3 Å². The van der Waals surface area contributed by atoms with Crippen LogP contribution in [0.5, 0.6) is 11.5 Å². The smallest absolute Gasteiger partial charge is 0.191 e. The summed E-state index contributed by atoms with van der Waals surface area (Å²) in [6, 6.07) is 4.19. The second-order valence-corrected chi connectivity index (χ2v) is 7.95. The Labute approximate surface area is 188 Å². The maximum Gasteiger partial charge on any atom is 0.191 e. The van der Waals surface area contributed by atoms with Crippen molar-refractivity contribution in [3.05, 3.63) is 38.8 Å². The molecule has 2 heterocycles. The molecule has 2 aromatic rings. The molecular weight excluding hydrogens is 487 g/mol. The van der Waals surface area contributed by atoms with Crippen molar-refractivity contribution in [2.24, 2.45) is 4.99 Å². The van der Waals surface area contributed by atoms with Gasteiger partial charge in [-0.25, -0.2) is 4.98 Å². The molecule has 1 aromatic carbocycles. The van der Waals surface area contributed by atoms with Crippen molar-refractivity contribution in [3.63, 3.8) is 0 Å². The molecule has 154 valence electrons. The minimum Gasteiger partial charge on any atom is -0.494 e. The number of rotatable bonds is 6. The van der Waals surface area contributed by atoms with E-state index in [9.17, 15) is 0 Å². The number of hydrogen-bond donors (Lipinski definition) is 2. The van der Waals surface area contributed by atoms with Crippen LogP contribution in [0.1, 0.15) is 40.6 Å². The van der Waals surface area contributed by atoms with Crippen LogP contribution in [0, 0.1) is 13.8 Å². The summed E-state index contributed by atoms with van der Waals surface area (Å²) in [6.45, 7) is 10.1. The lowest BCUT2D eigenvalue weighted by Crippen LogP contribution is -2.36. The number of aromatic nitrogens is 1. The predicted molar refractivity (Wildman–Crippen MR) is 125 cm³/mol. The van der Waals surface area contributed by atoms with Gasteiger partial charge in [-0.05, 0) is 39.8 Å². The molecule has 0 saturated heterocycles. The van der Waals surface area contributed by atoms with Crippen LogP contribution < -0.4 is 20.1 Å². The molecule has 1 atom stereocenters. The molecule has 6 nitrogen and oxygen atoms in total. The van der Waals surface area contributed by atoms with Gasteiger partial charge in [0.1, 0.15) is 22.6 Å². The quantitative estimate of drug-likeness (QED) is 0.346. The summed E-state index contributed by atoms with van der Waals surface area (Å²) in [5.74, 6) is 2.60. The van der Waals surface area contributed by atoms with Gasteiger partial charge in [0.25, 0.3) is 0 Å². The molecule has 3 rings (SSSR count). The van der Waals surface area contributed by atoms with Crippen LogP contribution in [0.4, 0.5) is 0 Å². The maximum atomic E-state index is 5.90. The topological polar surface area (TPSA) is 67.8 Å². The minimum absolute atomic E-state index is 0. The number of aryl methyl sites for hydroxylation is 2. The van der Waals surface area contributed by atoms with E-state index in [0.717, 1.165) is 40.1 Å². The van der Waals surface area contributed by atoms with E-state index >= 15 is 0 Å². The highest BCUT2D eigenvalue weighted by molar-refractivity contribution is 14.0. The molecule has 0 saturated carbocycles. The van der Waals surface area contributed by atoms with Gasteiger partial charge in [-0.15, -0.1) is 35.3 Å². The Hall–Kier alpha value is -1.55. The Morgan fingerprint density at radius 1 is 1.32 bits per heavy atom. The first kappa shape index (κ1) is 22.7. The van der Waals surface area contributed by atoms with E-state index in [1.165, 1.54) is 10.4 Å². The Morgan fingerprint density at radius 3 is 2.71 bits per heavy atom. The summed E-state index contributed by atoms with van der Waals surface area (Å²) in [7, 11) is 1.77. The van der Waals surface area contributed by atoms with Crippen molar-refractivity contribution in [1.82, 2.24) is 15.6 Å². The number of nitrogens with zero attached hydrogens (tertiary/aromatic N) is 2. The van der Waals surface area contributed by atoms with Crippen molar-refractivity contribution in [3.8, 4) is 11.5 Å². The van der Waals surface area contributed by atoms with Gasteiger partial charge < -0.3 is 20.1 Å². The van der Waals surface area contributed by atoms with E-state index in [2.05, 4.69) is 46.6 Å². The van der Waals surface area contributed by atoms with E-state index in [1.807, 2.05) is 13.8 Å². The highest BCUT2D eigenvalue weighted by Gasteiger charge is 2.22. The Balaban J connectivity index is 0.00000280. The van der Waals surface area contributed by atoms with Gasteiger partial charge in [0, 0.05) is 36.0 Å². The molecule has 0 fully saturated rings. The normalized spacial score (nSPS) is 15.5. The monoisotopic (exact) mass is 516 g/mol. The third-order valence-corrected chi connectivity index (χ3v) is 5.60. The number of ether oxygens (including phenoxy) is 2. The number of thiazole rings is 1. The molecule has 1 aliphatic heterocycles. The molecule has 0 aliphatic carbocycles. The number of aliphatic imine (C=N–C) groups is 1. The minimum atomic E-state index is 0. The summed E-state index contributed by atoms with van der Waals surface area (Å²) in [5.41, 5.74) is 3.37. The molecule has 1 aromatic heterocycles. The van der Waals surface area contributed by atoms with Gasteiger partial charge in [0.15, 0.2) is 5.96 Å². The van der Waals surface area contributed by atoms with Crippen molar-refractivity contribution < 1.29 is 9.47 Å². The van der Waals surface area contributed by atoms with E-state index < -0.39 is 0 Å². The van der Waals surface area contributed by atoms with Crippen LogP contribution in [-0.2, 0) is 19.5 Å². The average Bonchev–Trinajstić information content (AvgIpc) is 3.15. The largest absolute Gasteiger partial charge is 0.494 e. The van der Waals surface area contributed by atoms with Gasteiger partial charge in [0.05, 0.1) is 18.8 Å². The van der Waals surface area contributed by atoms with Crippen LogP contribution in [0.3, 0.4) is 0 Å². The number of hydrogen-bond acceptors (Lipinski definition) is 5. The zero-order chi connectivity index (χ0) is 19.4. The van der Waals surface area contributed by atoms with Gasteiger partial charge in [-0.2, -0.15) is 0 Å². The van der Waals surface area contributed by atoms with Crippen LogP contribution in [-0.4, -0.2) is 30.7 Å². The van der Waals surface area contributed by atoms with Crippen LogP contribution in [0.2, 0.25) is 0 Å². The first-order valence-electron chi connectivity index (χ1n) is 9.32. The lowest BCUT2D eigenvalue weighted by atomic mass is 10.1. The molecule has 1 unspecified atom stereocenters. The molecular formula is C20H29IN4O2S. The number of benzene rings is 1. The van der Waals surface area contributed by atoms with Crippen molar-refractivity contribution in [2.75, 3.05) is 13.7 Å². The molecule has 0 amide bonds. The number of guanidine groups is 1. The van der Waals surface area contributed by atoms with E-state index in [0.29, 0.717) is 19.7 Å². The third-order valence-electron chi connectivity index (χ3n) is 4.53. The fourth-order valence-corrected chi connectivity index (χ4v) is 3.96. The fraction of sp³-hybridized carbons (Fsp3) is 0.500. The summed E-state index contributed by atoms with van der Waals surface area (Å²) in [6.07, 6.45) is 1.15. The maximum absolute atomic E-state index is 5.90. The standard InChI is InChI=1S/C20H28N4O2S.HI/c1-6-25-17-8-15-7-12(2)26-18(15)9-16(17)10-22-20(21-5)23-11-19-24-13(3)14(4)27-19;/h8-9,12H,6-7,10-11H2,1-5H3,(H2,21,22,23);1H. The predicted octanol–water partition coefficient (Wildman–Crippen LogP) is 3.97. The van der Waals surface area contributed by atoms with Gasteiger partial charge in [-0.1, -0.05) is 0 Å². The van der Waals surface area contributed by atoms with Gasteiger partial charge in [-0.3, -0.25) is 4.99 Å². The zero-order valence-electron chi connectivity index (χ0n) is 17.1. The summed E-state index contributed by atoms with van der Waals surface area (Å²) in [4.78, 5) is 10.1. The SMILES string of the molecule is CCOc1cc2c(cc1CNC(=NC)NCc1nc(C)c(C)s1)OC(C)C2.I. The van der Waals surface area contributed by atoms with Gasteiger partial charge >= 0.3 is 0 Å². The van der Waals surface area contributed by atoms with Gasteiger partial charge in [0.2, 0.25) is 0 Å². The Morgan fingerprint density at radius 2 is 2.07 bits per heavy atom. The van der Waals surface area contributed by atoms with Crippen molar-refractivity contribution in [1.29, 1.82) is 0 Å². The van der Waals surface area contributed by atoms with Crippen LogP contribution in [0.25, 0.3) is 0 Å². The van der Waals surface area contributed by atoms with Crippen LogP contribution in [0.15, 0.2) is 17.1 Å². The molecule has 0 spiro atoms.